The molecule has 100 valence electrons. The molecule has 0 aliphatic rings. The zero-order chi connectivity index (χ0) is 13.7. The second-order valence-corrected chi connectivity index (χ2v) is 5.28. The van der Waals surface area contributed by atoms with Gasteiger partial charge in [-0.05, 0) is 50.8 Å². The number of carbonyl (C=O) groups is 1. The molecule has 0 saturated carbocycles. The predicted octanol–water partition coefficient (Wildman–Crippen LogP) is 3.11. The summed E-state index contributed by atoms with van der Waals surface area (Å²) in [6.07, 6.45) is 1.59. The Bertz CT molecular complexity index is 400. The number of hydrogen-bond donors (Lipinski definition) is 1. The van der Waals surface area contributed by atoms with Gasteiger partial charge in [-0.2, -0.15) is 0 Å². The minimum atomic E-state index is 0.269. The van der Waals surface area contributed by atoms with Crippen molar-refractivity contribution in [1.29, 1.82) is 0 Å². The topological polar surface area (TPSA) is 29.1 Å². The Balaban J connectivity index is 2.65. The lowest BCUT2D eigenvalue weighted by Gasteiger charge is -2.13. The molecule has 0 spiro atoms. The first-order chi connectivity index (χ1) is 8.43. The monoisotopic (exact) mass is 247 g/mol. The normalized spacial score (nSPS) is 12.5. The summed E-state index contributed by atoms with van der Waals surface area (Å²) in [5.74, 6) is 0.269. The molecular weight excluding hydrogens is 222 g/mol. The highest BCUT2D eigenvalue weighted by atomic mass is 16.1. The van der Waals surface area contributed by atoms with Gasteiger partial charge in [-0.15, -0.1) is 0 Å². The molecule has 0 saturated heterocycles. The van der Waals surface area contributed by atoms with Gasteiger partial charge in [0, 0.05) is 12.5 Å². The van der Waals surface area contributed by atoms with Crippen LogP contribution in [0, 0.1) is 20.8 Å². The van der Waals surface area contributed by atoms with Crippen LogP contribution in [0.3, 0.4) is 0 Å². The molecule has 0 aromatic heterocycles. The van der Waals surface area contributed by atoms with Crippen molar-refractivity contribution in [2.45, 2.75) is 53.5 Å². The third-order valence-corrected chi connectivity index (χ3v) is 3.47. The van der Waals surface area contributed by atoms with Crippen LogP contribution in [-0.4, -0.2) is 18.4 Å². The average molecular weight is 247 g/mol. The van der Waals surface area contributed by atoms with Crippen LogP contribution in [0.1, 0.15) is 42.5 Å². The number of Topliss-reactive ketones (excluding diaryl/α,β-unsaturated/α-hetero) is 1. The van der Waals surface area contributed by atoms with Crippen LogP contribution in [-0.2, 0) is 11.2 Å². The number of benzene rings is 1. The Morgan fingerprint density at radius 3 is 2.28 bits per heavy atom. The number of aryl methyl sites for hydroxylation is 3. The molecule has 0 bridgehead atoms. The molecule has 0 aliphatic heterocycles. The Morgan fingerprint density at radius 1 is 1.22 bits per heavy atom. The second kappa shape index (κ2) is 6.69. The lowest BCUT2D eigenvalue weighted by molar-refractivity contribution is -0.117. The summed E-state index contributed by atoms with van der Waals surface area (Å²) in [7, 11) is 0. The van der Waals surface area contributed by atoms with Gasteiger partial charge in [0.15, 0.2) is 5.78 Å². The van der Waals surface area contributed by atoms with Gasteiger partial charge in [0.05, 0.1) is 6.54 Å². The van der Waals surface area contributed by atoms with Crippen molar-refractivity contribution in [3.63, 3.8) is 0 Å². The lowest BCUT2D eigenvalue weighted by atomic mass is 9.96. The van der Waals surface area contributed by atoms with Crippen molar-refractivity contribution >= 4 is 5.78 Å². The van der Waals surface area contributed by atoms with E-state index in [0.29, 0.717) is 19.0 Å². The SMILES string of the molecule is CCC(C)NCC(=O)Cc1c(C)cc(C)cc1C. The van der Waals surface area contributed by atoms with Gasteiger partial charge in [0.25, 0.3) is 0 Å². The first-order valence-electron chi connectivity index (χ1n) is 6.75. The van der Waals surface area contributed by atoms with Gasteiger partial charge in [0.2, 0.25) is 0 Å². The fourth-order valence-electron chi connectivity index (χ4n) is 2.18. The minimum Gasteiger partial charge on any atom is -0.307 e. The molecular formula is C16H25NO. The van der Waals surface area contributed by atoms with Crippen LogP contribution in [0.2, 0.25) is 0 Å². The Morgan fingerprint density at radius 2 is 1.78 bits per heavy atom. The average Bonchev–Trinajstić information content (AvgIpc) is 2.30. The maximum absolute atomic E-state index is 12.0. The third kappa shape index (κ3) is 4.26. The van der Waals surface area contributed by atoms with E-state index in [2.05, 4.69) is 52.1 Å². The summed E-state index contributed by atoms with van der Waals surface area (Å²) in [4.78, 5) is 12.0. The van der Waals surface area contributed by atoms with Crippen molar-refractivity contribution in [2.24, 2.45) is 0 Å². The van der Waals surface area contributed by atoms with E-state index < -0.39 is 0 Å². The predicted molar refractivity (Wildman–Crippen MR) is 77.1 cm³/mol. The molecule has 1 N–H and O–H groups in total. The highest BCUT2D eigenvalue weighted by molar-refractivity contribution is 5.83. The molecule has 0 radical (unpaired) electrons. The fraction of sp³-hybridized carbons (Fsp3) is 0.562. The first-order valence-corrected chi connectivity index (χ1v) is 6.75. The van der Waals surface area contributed by atoms with Crippen molar-refractivity contribution in [3.05, 3.63) is 34.4 Å². The Labute approximate surface area is 111 Å². The Hall–Kier alpha value is -1.15. The van der Waals surface area contributed by atoms with Gasteiger partial charge < -0.3 is 5.32 Å². The summed E-state index contributed by atoms with van der Waals surface area (Å²) in [5.41, 5.74) is 4.91. The quantitative estimate of drug-likeness (QED) is 0.837. The number of rotatable bonds is 6. The van der Waals surface area contributed by atoms with E-state index in [1.807, 2.05) is 0 Å². The second-order valence-electron chi connectivity index (χ2n) is 5.28. The van der Waals surface area contributed by atoms with Gasteiger partial charge in [-0.1, -0.05) is 24.6 Å². The summed E-state index contributed by atoms with van der Waals surface area (Å²) >= 11 is 0. The number of nitrogens with one attached hydrogen (secondary N) is 1. The fourth-order valence-corrected chi connectivity index (χ4v) is 2.18. The molecule has 0 aliphatic carbocycles. The van der Waals surface area contributed by atoms with Crippen LogP contribution in [0.4, 0.5) is 0 Å². The molecule has 0 fully saturated rings. The molecule has 1 rings (SSSR count). The lowest BCUT2D eigenvalue weighted by Crippen LogP contribution is -2.31. The summed E-state index contributed by atoms with van der Waals surface area (Å²) in [5, 5.41) is 3.25. The van der Waals surface area contributed by atoms with E-state index in [1.54, 1.807) is 0 Å². The van der Waals surface area contributed by atoms with Crippen LogP contribution in [0.25, 0.3) is 0 Å². The molecule has 1 unspecified atom stereocenters. The molecule has 0 heterocycles. The Kier molecular flexibility index (Phi) is 5.54. The van der Waals surface area contributed by atoms with Gasteiger partial charge in [-0.25, -0.2) is 0 Å². The molecule has 2 nitrogen and oxygen atoms in total. The van der Waals surface area contributed by atoms with E-state index >= 15 is 0 Å². The van der Waals surface area contributed by atoms with Gasteiger partial charge in [0.1, 0.15) is 0 Å². The zero-order valence-corrected chi connectivity index (χ0v) is 12.3. The number of carbonyl (C=O) groups excluding carboxylic acids is 1. The standard InChI is InChI=1S/C16H25NO/c1-6-14(5)17-10-15(18)9-16-12(3)7-11(2)8-13(16)4/h7-8,14,17H,6,9-10H2,1-5H3. The van der Waals surface area contributed by atoms with Crippen LogP contribution >= 0.6 is 0 Å². The van der Waals surface area contributed by atoms with E-state index in [4.69, 9.17) is 0 Å². The highest BCUT2D eigenvalue weighted by Gasteiger charge is 2.10. The van der Waals surface area contributed by atoms with Crippen molar-refractivity contribution < 1.29 is 4.79 Å². The maximum atomic E-state index is 12.0. The smallest absolute Gasteiger partial charge is 0.150 e. The zero-order valence-electron chi connectivity index (χ0n) is 12.3. The summed E-state index contributed by atoms with van der Waals surface area (Å²) in [6, 6.07) is 4.71. The maximum Gasteiger partial charge on any atom is 0.150 e. The first kappa shape index (κ1) is 14.9. The van der Waals surface area contributed by atoms with Gasteiger partial charge >= 0.3 is 0 Å². The molecule has 1 aromatic carbocycles. The number of ketones is 1. The summed E-state index contributed by atoms with van der Waals surface area (Å²) in [6.45, 7) is 11.0. The van der Waals surface area contributed by atoms with Crippen LogP contribution < -0.4 is 5.32 Å². The molecule has 0 amide bonds. The molecule has 2 heteroatoms. The molecule has 18 heavy (non-hydrogen) atoms. The van der Waals surface area contributed by atoms with E-state index in [1.165, 1.54) is 22.3 Å². The summed E-state index contributed by atoms with van der Waals surface area (Å²) < 4.78 is 0. The van der Waals surface area contributed by atoms with Gasteiger partial charge in [-0.3, -0.25) is 4.79 Å². The minimum absolute atomic E-state index is 0.269. The van der Waals surface area contributed by atoms with E-state index in [-0.39, 0.29) is 5.78 Å². The van der Waals surface area contributed by atoms with Crippen molar-refractivity contribution in [1.82, 2.24) is 5.32 Å². The number of hydrogen-bond acceptors (Lipinski definition) is 2. The largest absolute Gasteiger partial charge is 0.307 e. The van der Waals surface area contributed by atoms with Crippen molar-refractivity contribution in [2.75, 3.05) is 6.54 Å². The highest BCUT2D eigenvalue weighted by Crippen LogP contribution is 2.17. The van der Waals surface area contributed by atoms with Crippen LogP contribution in [0.15, 0.2) is 12.1 Å². The van der Waals surface area contributed by atoms with Crippen LogP contribution in [0.5, 0.6) is 0 Å². The molecule has 1 aromatic rings. The third-order valence-electron chi connectivity index (χ3n) is 3.47. The van der Waals surface area contributed by atoms with Crippen molar-refractivity contribution in [3.8, 4) is 0 Å². The van der Waals surface area contributed by atoms with E-state index in [0.717, 1.165) is 6.42 Å². The molecule has 1 atom stereocenters. The van der Waals surface area contributed by atoms with E-state index in [9.17, 15) is 4.79 Å².